The number of hydrazine groups is 1. The molecule has 0 saturated carbocycles. The molecule has 1 saturated heterocycles. The monoisotopic (exact) mass is 266 g/mol. The van der Waals surface area contributed by atoms with Crippen molar-refractivity contribution in [2.45, 2.75) is 24.3 Å². The van der Waals surface area contributed by atoms with Gasteiger partial charge in [0.2, 0.25) is 0 Å². The molecule has 1 aromatic rings. The quantitative estimate of drug-likeness (QED) is 0.624. The minimum atomic E-state index is -0.0221. The number of aromatic nitrogens is 1. The minimum absolute atomic E-state index is 0.0221. The highest BCUT2D eigenvalue weighted by Crippen LogP contribution is 2.25. The average Bonchev–Trinajstić information content (AvgIpc) is 2.37. The summed E-state index contributed by atoms with van der Waals surface area (Å²) in [5.74, 6) is 5.31. The maximum atomic E-state index is 12.3. The third kappa shape index (κ3) is 2.94. The van der Waals surface area contributed by atoms with Crippen LogP contribution in [-0.2, 0) is 0 Å². The van der Waals surface area contributed by atoms with Crippen LogP contribution in [0.3, 0.4) is 0 Å². The number of anilines is 1. The molecule has 2 heterocycles. The summed E-state index contributed by atoms with van der Waals surface area (Å²) in [6, 6.07) is 3.41. The summed E-state index contributed by atoms with van der Waals surface area (Å²) in [5, 5.41) is 0.932. The van der Waals surface area contributed by atoms with E-state index in [1.807, 2.05) is 16.7 Å². The summed E-state index contributed by atoms with van der Waals surface area (Å²) >= 11 is 1.92. The van der Waals surface area contributed by atoms with Crippen LogP contribution in [0.25, 0.3) is 0 Å². The number of hydrogen-bond acceptors (Lipinski definition) is 5. The number of thioether (sulfide) groups is 1. The van der Waals surface area contributed by atoms with Gasteiger partial charge >= 0.3 is 0 Å². The molecular formula is C12H18N4OS. The number of carbonyl (C=O) groups is 1. The Morgan fingerprint density at radius 3 is 2.78 bits per heavy atom. The summed E-state index contributed by atoms with van der Waals surface area (Å²) in [6.07, 6.45) is 1.59. The number of nitrogens with two attached hydrogens (primary N) is 1. The molecular weight excluding hydrogens is 248 g/mol. The van der Waals surface area contributed by atoms with Gasteiger partial charge in [0.25, 0.3) is 5.91 Å². The molecule has 0 aliphatic carbocycles. The minimum Gasteiger partial charge on any atom is -0.335 e. The SMILES string of the molecule is CC1CN(C(=O)c2cc(NN)ccn2)CC(C)S1. The van der Waals surface area contributed by atoms with E-state index in [0.717, 1.165) is 13.1 Å². The third-order valence-corrected chi connectivity index (χ3v) is 4.08. The van der Waals surface area contributed by atoms with E-state index < -0.39 is 0 Å². The van der Waals surface area contributed by atoms with Crippen LogP contribution in [-0.4, -0.2) is 39.4 Å². The van der Waals surface area contributed by atoms with Crippen molar-refractivity contribution in [3.8, 4) is 0 Å². The summed E-state index contributed by atoms with van der Waals surface area (Å²) in [6.45, 7) is 5.84. The number of nitrogens with zero attached hydrogens (tertiary/aromatic N) is 2. The van der Waals surface area contributed by atoms with Gasteiger partial charge in [-0.1, -0.05) is 13.8 Å². The van der Waals surface area contributed by atoms with Crippen LogP contribution in [0, 0.1) is 0 Å². The van der Waals surface area contributed by atoms with E-state index in [1.54, 1.807) is 18.3 Å². The zero-order valence-corrected chi connectivity index (χ0v) is 11.4. The smallest absolute Gasteiger partial charge is 0.272 e. The van der Waals surface area contributed by atoms with Gasteiger partial charge in [0, 0.05) is 29.8 Å². The maximum Gasteiger partial charge on any atom is 0.272 e. The van der Waals surface area contributed by atoms with Gasteiger partial charge in [0.1, 0.15) is 5.69 Å². The average molecular weight is 266 g/mol. The number of carbonyl (C=O) groups excluding carboxylic acids is 1. The van der Waals surface area contributed by atoms with Crippen LogP contribution in [0.5, 0.6) is 0 Å². The molecule has 2 rings (SSSR count). The molecule has 0 aromatic carbocycles. The Labute approximate surface area is 111 Å². The van der Waals surface area contributed by atoms with Gasteiger partial charge in [0.05, 0.1) is 5.69 Å². The lowest BCUT2D eigenvalue weighted by atomic mass is 10.2. The lowest BCUT2D eigenvalue weighted by Crippen LogP contribution is -2.44. The summed E-state index contributed by atoms with van der Waals surface area (Å²) in [5.41, 5.74) is 3.66. The Hall–Kier alpha value is -1.27. The molecule has 0 spiro atoms. The fourth-order valence-electron chi connectivity index (χ4n) is 2.14. The van der Waals surface area contributed by atoms with E-state index in [4.69, 9.17) is 5.84 Å². The summed E-state index contributed by atoms with van der Waals surface area (Å²) in [4.78, 5) is 18.3. The number of nitrogens with one attached hydrogen (secondary N) is 1. The van der Waals surface area contributed by atoms with Crippen LogP contribution in [0.1, 0.15) is 24.3 Å². The molecule has 98 valence electrons. The maximum absolute atomic E-state index is 12.3. The highest BCUT2D eigenvalue weighted by atomic mass is 32.2. The highest BCUT2D eigenvalue weighted by molar-refractivity contribution is 8.00. The first-order chi connectivity index (χ1) is 8.60. The van der Waals surface area contributed by atoms with Crippen LogP contribution in [0.2, 0.25) is 0 Å². The van der Waals surface area contributed by atoms with Crippen LogP contribution in [0.4, 0.5) is 5.69 Å². The van der Waals surface area contributed by atoms with E-state index in [2.05, 4.69) is 24.3 Å². The number of pyridine rings is 1. The first-order valence-corrected chi connectivity index (χ1v) is 6.92. The molecule has 0 bridgehead atoms. The molecule has 1 aromatic heterocycles. The molecule has 3 N–H and O–H groups in total. The lowest BCUT2D eigenvalue weighted by Gasteiger charge is -2.34. The summed E-state index contributed by atoms with van der Waals surface area (Å²) in [7, 11) is 0. The van der Waals surface area contributed by atoms with Crippen LogP contribution in [0.15, 0.2) is 18.3 Å². The van der Waals surface area contributed by atoms with Crippen molar-refractivity contribution in [2.24, 2.45) is 5.84 Å². The van der Waals surface area contributed by atoms with E-state index in [1.165, 1.54) is 0 Å². The van der Waals surface area contributed by atoms with Crippen molar-refractivity contribution in [1.29, 1.82) is 0 Å². The predicted molar refractivity (Wildman–Crippen MR) is 74.5 cm³/mol. The number of rotatable bonds is 2. The predicted octanol–water partition coefficient (Wildman–Crippen LogP) is 1.33. The van der Waals surface area contributed by atoms with Crippen molar-refractivity contribution in [2.75, 3.05) is 18.5 Å². The van der Waals surface area contributed by atoms with Gasteiger partial charge in [-0.3, -0.25) is 15.6 Å². The molecule has 1 aliphatic rings. The van der Waals surface area contributed by atoms with Crippen molar-refractivity contribution in [1.82, 2.24) is 9.88 Å². The Bertz CT molecular complexity index is 430. The van der Waals surface area contributed by atoms with E-state index in [-0.39, 0.29) is 5.91 Å². The third-order valence-electron chi connectivity index (χ3n) is 2.85. The van der Waals surface area contributed by atoms with E-state index >= 15 is 0 Å². The molecule has 0 radical (unpaired) electrons. The van der Waals surface area contributed by atoms with E-state index in [0.29, 0.717) is 21.9 Å². The highest BCUT2D eigenvalue weighted by Gasteiger charge is 2.27. The second-order valence-electron chi connectivity index (χ2n) is 4.54. The molecule has 1 amide bonds. The lowest BCUT2D eigenvalue weighted by molar-refractivity contribution is 0.0747. The Morgan fingerprint density at radius 2 is 2.17 bits per heavy atom. The van der Waals surface area contributed by atoms with Gasteiger partial charge in [-0.05, 0) is 12.1 Å². The zero-order valence-electron chi connectivity index (χ0n) is 10.6. The first-order valence-electron chi connectivity index (χ1n) is 5.97. The fourth-order valence-corrected chi connectivity index (χ4v) is 3.47. The Morgan fingerprint density at radius 1 is 1.50 bits per heavy atom. The number of amides is 1. The molecule has 2 unspecified atom stereocenters. The van der Waals surface area contributed by atoms with Crippen molar-refractivity contribution in [3.63, 3.8) is 0 Å². The Balaban J connectivity index is 2.14. The molecule has 6 heteroatoms. The molecule has 18 heavy (non-hydrogen) atoms. The molecule has 1 aliphatic heterocycles. The Kier molecular flexibility index (Phi) is 4.08. The molecule has 1 fully saturated rings. The largest absolute Gasteiger partial charge is 0.335 e. The van der Waals surface area contributed by atoms with Gasteiger partial charge in [-0.2, -0.15) is 11.8 Å². The van der Waals surface area contributed by atoms with Gasteiger partial charge < -0.3 is 10.3 Å². The van der Waals surface area contributed by atoms with Crippen LogP contribution >= 0.6 is 11.8 Å². The van der Waals surface area contributed by atoms with Crippen molar-refractivity contribution in [3.05, 3.63) is 24.0 Å². The first kappa shape index (κ1) is 13.2. The van der Waals surface area contributed by atoms with Crippen molar-refractivity contribution >= 4 is 23.4 Å². The second kappa shape index (κ2) is 5.58. The second-order valence-corrected chi connectivity index (χ2v) is 6.42. The zero-order chi connectivity index (χ0) is 13.1. The molecule has 5 nitrogen and oxygen atoms in total. The van der Waals surface area contributed by atoms with Gasteiger partial charge in [-0.15, -0.1) is 0 Å². The normalized spacial score (nSPS) is 23.8. The topological polar surface area (TPSA) is 71.2 Å². The van der Waals surface area contributed by atoms with Crippen molar-refractivity contribution < 1.29 is 4.79 Å². The van der Waals surface area contributed by atoms with Gasteiger partial charge in [0.15, 0.2) is 0 Å². The standard InChI is InChI=1S/C12H18N4OS/c1-8-6-16(7-9(2)18-8)12(17)11-5-10(15-13)3-4-14-11/h3-5,8-9H,6-7,13H2,1-2H3,(H,14,15). The summed E-state index contributed by atoms with van der Waals surface area (Å²) < 4.78 is 0. The van der Waals surface area contributed by atoms with Gasteiger partial charge in [-0.25, -0.2) is 0 Å². The van der Waals surface area contributed by atoms with Crippen LogP contribution < -0.4 is 11.3 Å². The number of hydrogen-bond donors (Lipinski definition) is 2. The number of nitrogen functional groups attached to an aromatic ring is 1. The van der Waals surface area contributed by atoms with E-state index in [9.17, 15) is 4.79 Å². The molecule has 2 atom stereocenters. The fraction of sp³-hybridized carbons (Fsp3) is 0.500.